The summed E-state index contributed by atoms with van der Waals surface area (Å²) >= 11 is 0. The van der Waals surface area contributed by atoms with Crippen LogP contribution in [0.5, 0.6) is 0 Å². The Morgan fingerprint density at radius 1 is 0.667 bits per heavy atom. The van der Waals surface area contributed by atoms with Gasteiger partial charge in [-0.1, -0.05) is 80.2 Å². The quantitative estimate of drug-likeness (QED) is 0.474. The lowest BCUT2D eigenvalue weighted by Gasteiger charge is -2.54. The van der Waals surface area contributed by atoms with E-state index in [2.05, 4.69) is 48.1 Å². The third kappa shape index (κ3) is 3.21. The predicted molar refractivity (Wildman–Crippen MR) is 86.6 cm³/mol. The largest absolute Gasteiger partial charge is 0.0680 e. The molecule has 107 valence electrons. The van der Waals surface area contributed by atoms with Crippen molar-refractivity contribution in [2.75, 3.05) is 0 Å². The van der Waals surface area contributed by atoms with Crippen LogP contribution >= 0.6 is 0 Å². The third-order valence-corrected chi connectivity index (χ3v) is 13.6. The second kappa shape index (κ2) is 5.69. The molecule has 1 saturated carbocycles. The van der Waals surface area contributed by atoms with Crippen molar-refractivity contribution in [1.29, 1.82) is 0 Å². The van der Waals surface area contributed by atoms with Crippen LogP contribution in [0.1, 0.15) is 86.5 Å². The van der Waals surface area contributed by atoms with Gasteiger partial charge in [-0.2, -0.15) is 0 Å². The van der Waals surface area contributed by atoms with Crippen LogP contribution in [0.4, 0.5) is 0 Å². The Bertz CT molecular complexity index is 232. The van der Waals surface area contributed by atoms with Gasteiger partial charge in [-0.25, -0.2) is 0 Å². The summed E-state index contributed by atoms with van der Waals surface area (Å²) in [7, 11) is -1.39. The summed E-state index contributed by atoms with van der Waals surface area (Å²) < 4.78 is 0. The topological polar surface area (TPSA) is 0 Å². The van der Waals surface area contributed by atoms with Crippen LogP contribution in [0.25, 0.3) is 0 Å². The molecule has 0 aromatic carbocycles. The first kappa shape index (κ1) is 16.3. The molecular formula is C17H35Si. The van der Waals surface area contributed by atoms with E-state index in [1.165, 1.54) is 44.9 Å². The van der Waals surface area contributed by atoms with Gasteiger partial charge >= 0.3 is 0 Å². The Balaban J connectivity index is 3.02. The monoisotopic (exact) mass is 267 g/mol. The summed E-state index contributed by atoms with van der Waals surface area (Å²) in [5, 5.41) is 0.972. The van der Waals surface area contributed by atoms with Crippen molar-refractivity contribution in [2.24, 2.45) is 0 Å². The Hall–Kier alpha value is 0.217. The van der Waals surface area contributed by atoms with Crippen LogP contribution in [-0.2, 0) is 0 Å². The van der Waals surface area contributed by atoms with E-state index in [0.29, 0.717) is 10.1 Å². The summed E-state index contributed by atoms with van der Waals surface area (Å²) in [5.41, 5.74) is 1.99. The first-order valence-electron chi connectivity index (χ1n) is 7.96. The summed E-state index contributed by atoms with van der Waals surface area (Å²) in [6, 6.07) is 0. The van der Waals surface area contributed by atoms with Crippen LogP contribution in [0.2, 0.25) is 16.6 Å². The van der Waals surface area contributed by atoms with Gasteiger partial charge < -0.3 is 0 Å². The van der Waals surface area contributed by atoms with E-state index < -0.39 is 8.07 Å². The molecule has 0 saturated heterocycles. The fourth-order valence-corrected chi connectivity index (χ4v) is 9.74. The molecule has 0 atom stereocenters. The predicted octanol–water partition coefficient (Wildman–Crippen LogP) is 6.52. The van der Waals surface area contributed by atoms with Crippen LogP contribution < -0.4 is 0 Å². The number of hydrogen-bond donors (Lipinski definition) is 0. The van der Waals surface area contributed by atoms with Crippen molar-refractivity contribution in [2.45, 2.75) is 103 Å². The second-order valence-corrected chi connectivity index (χ2v) is 14.5. The first-order valence-corrected chi connectivity index (χ1v) is 10.5. The normalized spacial score (nSPS) is 21.5. The van der Waals surface area contributed by atoms with Gasteiger partial charge in [0.2, 0.25) is 0 Å². The SMILES string of the molecule is CC(C)(C)[Si](C)([C]1CCCCCCC1)C(C)(C)C. The van der Waals surface area contributed by atoms with Gasteiger partial charge in [-0.05, 0) is 28.5 Å². The van der Waals surface area contributed by atoms with Crippen LogP contribution in [-0.4, -0.2) is 8.07 Å². The first-order chi connectivity index (χ1) is 8.11. The van der Waals surface area contributed by atoms with E-state index in [0.717, 1.165) is 0 Å². The van der Waals surface area contributed by atoms with E-state index >= 15 is 0 Å². The minimum absolute atomic E-state index is 0.486. The van der Waals surface area contributed by atoms with Gasteiger partial charge in [0.25, 0.3) is 0 Å². The second-order valence-electron chi connectivity index (χ2n) is 8.50. The van der Waals surface area contributed by atoms with Gasteiger partial charge in [0.1, 0.15) is 0 Å². The molecule has 1 radical (unpaired) electrons. The van der Waals surface area contributed by atoms with Gasteiger partial charge in [-0.3, -0.25) is 0 Å². The van der Waals surface area contributed by atoms with E-state index in [1.807, 2.05) is 5.54 Å². The van der Waals surface area contributed by atoms with Gasteiger partial charge in [-0.15, -0.1) is 0 Å². The molecule has 1 aliphatic rings. The van der Waals surface area contributed by atoms with E-state index in [9.17, 15) is 0 Å². The molecule has 0 aliphatic heterocycles. The highest BCUT2D eigenvalue weighted by Crippen LogP contribution is 2.57. The number of rotatable bonds is 1. The fourth-order valence-electron chi connectivity index (χ4n) is 4.02. The highest BCUT2D eigenvalue weighted by atomic mass is 28.3. The highest BCUT2D eigenvalue weighted by molar-refractivity contribution is 6.88. The van der Waals surface area contributed by atoms with Crippen LogP contribution in [0.15, 0.2) is 0 Å². The average Bonchev–Trinajstić information content (AvgIpc) is 2.12. The van der Waals surface area contributed by atoms with Gasteiger partial charge in [0.15, 0.2) is 0 Å². The van der Waals surface area contributed by atoms with Crippen LogP contribution in [0.3, 0.4) is 0 Å². The highest BCUT2D eigenvalue weighted by Gasteiger charge is 2.53. The van der Waals surface area contributed by atoms with Crippen molar-refractivity contribution in [1.82, 2.24) is 0 Å². The zero-order valence-corrected chi connectivity index (χ0v) is 14.9. The molecule has 0 unspecified atom stereocenters. The van der Waals surface area contributed by atoms with Crippen LogP contribution in [0, 0.1) is 5.54 Å². The fraction of sp³-hybridized carbons (Fsp3) is 0.941. The summed E-state index contributed by atoms with van der Waals surface area (Å²) in [6.07, 6.45) is 10.1. The van der Waals surface area contributed by atoms with Crippen molar-refractivity contribution in [3.05, 3.63) is 5.54 Å². The maximum Gasteiger partial charge on any atom is 0.0677 e. The molecule has 18 heavy (non-hydrogen) atoms. The molecular weight excluding hydrogens is 232 g/mol. The van der Waals surface area contributed by atoms with Crippen molar-refractivity contribution in [3.8, 4) is 0 Å². The molecule has 1 rings (SSSR count). The molecule has 0 heterocycles. The number of hydrogen-bond acceptors (Lipinski definition) is 0. The molecule has 1 fully saturated rings. The van der Waals surface area contributed by atoms with E-state index in [1.54, 1.807) is 0 Å². The molecule has 0 aromatic rings. The van der Waals surface area contributed by atoms with Crippen molar-refractivity contribution < 1.29 is 0 Å². The Morgan fingerprint density at radius 3 is 1.33 bits per heavy atom. The van der Waals surface area contributed by atoms with Crippen molar-refractivity contribution in [3.63, 3.8) is 0 Å². The zero-order chi connectivity index (χ0) is 14.0. The van der Waals surface area contributed by atoms with E-state index in [4.69, 9.17) is 0 Å². The summed E-state index contributed by atoms with van der Waals surface area (Å²) in [5.74, 6) is 0. The molecule has 1 aliphatic carbocycles. The third-order valence-electron chi connectivity index (χ3n) is 5.66. The summed E-state index contributed by atoms with van der Waals surface area (Å²) in [4.78, 5) is 0. The Kier molecular flexibility index (Phi) is 5.14. The Morgan fingerprint density at radius 2 is 1.00 bits per heavy atom. The lowest BCUT2D eigenvalue weighted by molar-refractivity contribution is 0.523. The Labute approximate surface area is 117 Å². The smallest absolute Gasteiger partial charge is 0.0677 e. The molecule has 0 spiro atoms. The molecule has 0 amide bonds. The van der Waals surface area contributed by atoms with Gasteiger partial charge in [0, 0.05) is 0 Å². The zero-order valence-electron chi connectivity index (χ0n) is 13.9. The average molecular weight is 268 g/mol. The molecule has 0 aromatic heterocycles. The maximum absolute atomic E-state index is 2.67. The minimum atomic E-state index is -1.39. The molecule has 0 N–H and O–H groups in total. The molecule has 1 heteroatoms. The van der Waals surface area contributed by atoms with Crippen molar-refractivity contribution >= 4 is 8.07 Å². The molecule has 0 bridgehead atoms. The molecule has 0 nitrogen and oxygen atoms in total. The van der Waals surface area contributed by atoms with E-state index in [-0.39, 0.29) is 0 Å². The summed E-state index contributed by atoms with van der Waals surface area (Å²) in [6.45, 7) is 17.6. The maximum atomic E-state index is 2.67. The standard InChI is InChI=1S/C17H35Si/c1-16(2,3)18(7,17(4,5)6)15-13-11-9-8-10-12-14-15/h8-14H2,1-7H3. The lowest BCUT2D eigenvalue weighted by atomic mass is 10.0. The lowest BCUT2D eigenvalue weighted by Crippen LogP contribution is -2.54. The minimum Gasteiger partial charge on any atom is -0.0680 e. The van der Waals surface area contributed by atoms with Gasteiger partial charge in [0.05, 0.1) is 8.07 Å².